The summed E-state index contributed by atoms with van der Waals surface area (Å²) in [7, 11) is 0. The fourth-order valence-electron chi connectivity index (χ4n) is 2.11. The molecule has 0 amide bonds. The maximum atomic E-state index is 5.65. The number of rotatable bonds is 4. The number of anilines is 2. The highest BCUT2D eigenvalue weighted by Gasteiger charge is 2.23. The number of ether oxygens (including phenoxy) is 1. The summed E-state index contributed by atoms with van der Waals surface area (Å²) in [5.74, 6) is 1.87. The van der Waals surface area contributed by atoms with Crippen LogP contribution in [0.3, 0.4) is 0 Å². The lowest BCUT2D eigenvalue weighted by molar-refractivity contribution is 0.0463. The minimum atomic E-state index is 0.105. The van der Waals surface area contributed by atoms with E-state index in [9.17, 15) is 0 Å². The first-order valence-corrected chi connectivity index (χ1v) is 6.50. The summed E-state index contributed by atoms with van der Waals surface area (Å²) in [6.45, 7) is 2.92. The molecule has 2 heterocycles. The van der Waals surface area contributed by atoms with Gasteiger partial charge in [-0.3, -0.25) is 0 Å². The molecule has 3 N–H and O–H groups in total. The molecule has 3 rings (SSSR count). The largest absolute Gasteiger partial charge is 0.373 e. The van der Waals surface area contributed by atoms with E-state index in [1.54, 1.807) is 6.33 Å². The van der Waals surface area contributed by atoms with E-state index in [-0.39, 0.29) is 6.10 Å². The zero-order valence-corrected chi connectivity index (χ0v) is 10.4. The number of hydrogen-bond donors (Lipinski definition) is 2. The zero-order valence-electron chi connectivity index (χ0n) is 10.4. The summed E-state index contributed by atoms with van der Waals surface area (Å²) in [4.78, 5) is 10.8. The number of nitrogens with one attached hydrogen (secondary N) is 1. The summed E-state index contributed by atoms with van der Waals surface area (Å²) < 4.78 is 5.56. The van der Waals surface area contributed by atoms with Crippen LogP contribution < -0.4 is 16.0 Å². The monoisotopic (exact) mass is 249 g/mol. The molecule has 2 fully saturated rings. The van der Waals surface area contributed by atoms with Crippen molar-refractivity contribution in [2.45, 2.75) is 25.0 Å². The number of morpholine rings is 1. The minimum absolute atomic E-state index is 0.105. The van der Waals surface area contributed by atoms with Gasteiger partial charge in [0.15, 0.2) is 0 Å². The molecular formula is C12H19N5O. The third-order valence-corrected chi connectivity index (χ3v) is 3.31. The van der Waals surface area contributed by atoms with E-state index in [1.807, 2.05) is 6.07 Å². The van der Waals surface area contributed by atoms with E-state index in [0.29, 0.717) is 19.2 Å². The lowest BCUT2D eigenvalue weighted by atomic mass is 10.2. The van der Waals surface area contributed by atoms with Crippen LogP contribution in [0.1, 0.15) is 12.8 Å². The van der Waals surface area contributed by atoms with Crippen LogP contribution >= 0.6 is 0 Å². The molecule has 1 unspecified atom stereocenters. The van der Waals surface area contributed by atoms with Crippen molar-refractivity contribution < 1.29 is 4.74 Å². The molecule has 1 aromatic heterocycles. The smallest absolute Gasteiger partial charge is 0.134 e. The number of aromatic nitrogens is 2. The Labute approximate surface area is 107 Å². The van der Waals surface area contributed by atoms with Gasteiger partial charge in [0.2, 0.25) is 0 Å². The molecule has 6 nitrogen and oxygen atoms in total. The Balaban J connectivity index is 1.69. The first-order chi connectivity index (χ1) is 8.85. The van der Waals surface area contributed by atoms with Crippen molar-refractivity contribution >= 4 is 11.6 Å². The summed E-state index contributed by atoms with van der Waals surface area (Å²) in [5, 5.41) is 3.39. The quantitative estimate of drug-likeness (QED) is 0.794. The van der Waals surface area contributed by atoms with Crippen LogP contribution in [0.2, 0.25) is 0 Å². The second-order valence-corrected chi connectivity index (χ2v) is 4.85. The van der Waals surface area contributed by atoms with Crippen molar-refractivity contribution in [1.82, 2.24) is 9.97 Å². The molecule has 0 radical (unpaired) electrons. The van der Waals surface area contributed by atoms with E-state index in [1.165, 1.54) is 12.8 Å². The van der Waals surface area contributed by atoms with Gasteiger partial charge in [0.25, 0.3) is 0 Å². The van der Waals surface area contributed by atoms with Crippen molar-refractivity contribution in [2.24, 2.45) is 5.73 Å². The lowest BCUT2D eigenvalue weighted by Crippen LogP contribution is -2.46. The fraction of sp³-hybridized carbons (Fsp3) is 0.667. The zero-order chi connectivity index (χ0) is 12.4. The fourth-order valence-corrected chi connectivity index (χ4v) is 2.11. The standard InChI is InChI=1S/C12H19N5O/c13-6-10-7-17(3-4-18-10)12-5-11(14-8-15-12)16-9-1-2-9/h5,8-10H,1-4,6-7,13H2,(H,14,15,16). The van der Waals surface area contributed by atoms with Crippen molar-refractivity contribution in [1.29, 1.82) is 0 Å². The molecule has 1 aliphatic carbocycles. The van der Waals surface area contributed by atoms with Crippen LogP contribution in [0.15, 0.2) is 12.4 Å². The average Bonchev–Trinajstić information content (AvgIpc) is 3.23. The van der Waals surface area contributed by atoms with Gasteiger partial charge in [0, 0.05) is 31.7 Å². The predicted octanol–water partition coefficient (Wildman–Crippen LogP) is 0.215. The molecule has 1 saturated carbocycles. The second kappa shape index (κ2) is 5.07. The van der Waals surface area contributed by atoms with Crippen LogP contribution in [0.5, 0.6) is 0 Å². The van der Waals surface area contributed by atoms with Gasteiger partial charge in [-0.05, 0) is 12.8 Å². The molecule has 98 valence electrons. The van der Waals surface area contributed by atoms with Gasteiger partial charge in [-0.25, -0.2) is 9.97 Å². The van der Waals surface area contributed by atoms with E-state index in [4.69, 9.17) is 10.5 Å². The third kappa shape index (κ3) is 2.70. The molecule has 0 spiro atoms. The Morgan fingerprint density at radius 1 is 1.44 bits per heavy atom. The van der Waals surface area contributed by atoms with Gasteiger partial charge in [0.1, 0.15) is 18.0 Å². The molecule has 2 aliphatic rings. The van der Waals surface area contributed by atoms with Gasteiger partial charge < -0.3 is 20.7 Å². The SMILES string of the molecule is NCC1CN(c2cc(NC3CC3)ncn2)CCO1. The summed E-state index contributed by atoms with van der Waals surface area (Å²) in [6, 6.07) is 2.62. The van der Waals surface area contributed by atoms with Crippen LogP contribution in [-0.2, 0) is 4.74 Å². The highest BCUT2D eigenvalue weighted by molar-refractivity contribution is 5.49. The lowest BCUT2D eigenvalue weighted by Gasteiger charge is -2.33. The Bertz CT molecular complexity index is 409. The minimum Gasteiger partial charge on any atom is -0.373 e. The summed E-state index contributed by atoms with van der Waals surface area (Å²) >= 11 is 0. The topological polar surface area (TPSA) is 76.3 Å². The van der Waals surface area contributed by atoms with Gasteiger partial charge in [0.05, 0.1) is 12.7 Å². The Morgan fingerprint density at radius 2 is 2.33 bits per heavy atom. The Hall–Kier alpha value is -1.40. The van der Waals surface area contributed by atoms with E-state index < -0.39 is 0 Å². The van der Waals surface area contributed by atoms with Crippen molar-refractivity contribution in [3.8, 4) is 0 Å². The Kier molecular flexibility index (Phi) is 3.29. The second-order valence-electron chi connectivity index (χ2n) is 4.85. The molecule has 0 aromatic carbocycles. The summed E-state index contributed by atoms with van der Waals surface area (Å²) in [6.07, 6.45) is 4.21. The maximum absolute atomic E-state index is 5.65. The van der Waals surface area contributed by atoms with Gasteiger partial charge in [-0.1, -0.05) is 0 Å². The molecular weight excluding hydrogens is 230 g/mol. The first-order valence-electron chi connectivity index (χ1n) is 6.50. The number of hydrogen-bond acceptors (Lipinski definition) is 6. The Morgan fingerprint density at radius 3 is 3.11 bits per heavy atom. The van der Waals surface area contributed by atoms with E-state index in [0.717, 1.165) is 24.7 Å². The van der Waals surface area contributed by atoms with Gasteiger partial charge in [-0.15, -0.1) is 0 Å². The molecule has 0 bridgehead atoms. The predicted molar refractivity (Wildman–Crippen MR) is 69.7 cm³/mol. The molecule has 18 heavy (non-hydrogen) atoms. The third-order valence-electron chi connectivity index (χ3n) is 3.31. The van der Waals surface area contributed by atoms with Crippen LogP contribution in [0.25, 0.3) is 0 Å². The van der Waals surface area contributed by atoms with Crippen molar-refractivity contribution in [3.63, 3.8) is 0 Å². The normalized spacial score (nSPS) is 24.1. The van der Waals surface area contributed by atoms with E-state index >= 15 is 0 Å². The maximum Gasteiger partial charge on any atom is 0.134 e. The van der Waals surface area contributed by atoms with Crippen molar-refractivity contribution in [3.05, 3.63) is 12.4 Å². The van der Waals surface area contributed by atoms with Gasteiger partial charge >= 0.3 is 0 Å². The van der Waals surface area contributed by atoms with E-state index in [2.05, 4.69) is 20.2 Å². The molecule has 1 saturated heterocycles. The molecule has 6 heteroatoms. The average molecular weight is 249 g/mol. The molecule has 1 aliphatic heterocycles. The van der Waals surface area contributed by atoms with Crippen molar-refractivity contribution in [2.75, 3.05) is 36.5 Å². The first kappa shape index (κ1) is 11.7. The van der Waals surface area contributed by atoms with Crippen LogP contribution in [0.4, 0.5) is 11.6 Å². The molecule has 1 aromatic rings. The molecule has 1 atom stereocenters. The highest BCUT2D eigenvalue weighted by atomic mass is 16.5. The number of nitrogens with two attached hydrogens (primary N) is 1. The summed E-state index contributed by atoms with van der Waals surface area (Å²) in [5.41, 5.74) is 5.65. The van der Waals surface area contributed by atoms with Crippen LogP contribution in [0, 0.1) is 0 Å². The van der Waals surface area contributed by atoms with Crippen LogP contribution in [-0.4, -0.2) is 48.4 Å². The number of nitrogens with zero attached hydrogens (tertiary/aromatic N) is 3. The highest BCUT2D eigenvalue weighted by Crippen LogP contribution is 2.25. The van der Waals surface area contributed by atoms with Gasteiger partial charge in [-0.2, -0.15) is 0 Å².